The molecule has 1 rings (SSSR count). The van der Waals surface area contributed by atoms with Crippen molar-refractivity contribution < 1.29 is 4.79 Å². The number of hydrogen-bond donors (Lipinski definition) is 1. The second-order valence-electron chi connectivity index (χ2n) is 3.77. The fourth-order valence-corrected chi connectivity index (χ4v) is 2.69. The van der Waals surface area contributed by atoms with Gasteiger partial charge in [-0.2, -0.15) is 0 Å². The molecular formula is C10H18BrNO. The Morgan fingerprint density at radius 1 is 1.54 bits per heavy atom. The maximum Gasteiger partial charge on any atom is 0.220 e. The first-order valence-corrected chi connectivity index (χ1v) is 6.25. The lowest BCUT2D eigenvalue weighted by Crippen LogP contribution is -2.37. The van der Waals surface area contributed by atoms with Crippen molar-refractivity contribution in [2.45, 2.75) is 45.1 Å². The fourth-order valence-electron chi connectivity index (χ4n) is 1.92. The lowest BCUT2D eigenvalue weighted by atomic mass is 10.1. The molecule has 0 bridgehead atoms. The number of nitrogens with one attached hydrogen (secondary N) is 1. The van der Waals surface area contributed by atoms with Gasteiger partial charge in [0.25, 0.3) is 0 Å². The minimum atomic E-state index is 0.223. The predicted octanol–water partition coefficient (Wildman–Crippen LogP) is 2.47. The van der Waals surface area contributed by atoms with Crippen molar-refractivity contribution in [2.75, 3.05) is 5.33 Å². The zero-order chi connectivity index (χ0) is 9.68. The summed E-state index contributed by atoms with van der Waals surface area (Å²) in [5.74, 6) is 0.876. The summed E-state index contributed by atoms with van der Waals surface area (Å²) >= 11 is 3.49. The molecule has 2 atom stereocenters. The van der Waals surface area contributed by atoms with E-state index >= 15 is 0 Å². The summed E-state index contributed by atoms with van der Waals surface area (Å²) in [7, 11) is 0. The second-order valence-corrected chi connectivity index (χ2v) is 4.42. The Balaban J connectivity index is 2.30. The van der Waals surface area contributed by atoms with Crippen LogP contribution in [0.25, 0.3) is 0 Å². The van der Waals surface area contributed by atoms with E-state index in [1.807, 2.05) is 6.92 Å². The van der Waals surface area contributed by atoms with Gasteiger partial charge >= 0.3 is 0 Å². The van der Waals surface area contributed by atoms with E-state index < -0.39 is 0 Å². The highest BCUT2D eigenvalue weighted by atomic mass is 79.9. The van der Waals surface area contributed by atoms with Gasteiger partial charge < -0.3 is 5.32 Å². The summed E-state index contributed by atoms with van der Waals surface area (Å²) < 4.78 is 0. The Hall–Kier alpha value is -0.0500. The molecule has 0 aromatic rings. The van der Waals surface area contributed by atoms with Gasteiger partial charge in [-0.1, -0.05) is 29.3 Å². The summed E-state index contributed by atoms with van der Waals surface area (Å²) in [5.41, 5.74) is 0. The molecule has 0 aromatic carbocycles. The van der Waals surface area contributed by atoms with Crippen molar-refractivity contribution in [3.63, 3.8) is 0 Å². The standard InChI is InChI=1S/C10H18BrNO/c1-2-4-10(13)12-9-6-3-5-8(9)7-11/h8-9H,2-7H2,1H3,(H,12,13). The van der Waals surface area contributed by atoms with Gasteiger partial charge in [0.15, 0.2) is 0 Å². The van der Waals surface area contributed by atoms with Crippen LogP contribution in [0.1, 0.15) is 39.0 Å². The molecule has 0 heterocycles. The summed E-state index contributed by atoms with van der Waals surface area (Å²) in [4.78, 5) is 11.3. The van der Waals surface area contributed by atoms with Crippen LogP contribution in [-0.2, 0) is 4.79 Å². The molecule has 3 heteroatoms. The molecule has 0 spiro atoms. The number of carbonyl (C=O) groups is 1. The van der Waals surface area contributed by atoms with Crippen LogP contribution in [0, 0.1) is 5.92 Å². The number of carbonyl (C=O) groups excluding carboxylic acids is 1. The smallest absolute Gasteiger partial charge is 0.220 e. The molecule has 0 aliphatic heterocycles. The average molecular weight is 248 g/mol. The van der Waals surface area contributed by atoms with Crippen LogP contribution < -0.4 is 5.32 Å². The molecule has 1 amide bonds. The number of hydrogen-bond acceptors (Lipinski definition) is 1. The third kappa shape index (κ3) is 3.29. The minimum absolute atomic E-state index is 0.223. The quantitative estimate of drug-likeness (QED) is 0.761. The Bertz CT molecular complexity index is 172. The summed E-state index contributed by atoms with van der Waals surface area (Å²) in [6.07, 6.45) is 5.28. The molecule has 2 nitrogen and oxygen atoms in total. The highest BCUT2D eigenvalue weighted by Crippen LogP contribution is 2.27. The Kier molecular flexibility index (Phi) is 4.78. The van der Waals surface area contributed by atoms with Gasteiger partial charge in [0.2, 0.25) is 5.91 Å². The van der Waals surface area contributed by atoms with Crippen LogP contribution in [0.4, 0.5) is 0 Å². The van der Waals surface area contributed by atoms with Crippen molar-refractivity contribution in [1.82, 2.24) is 5.32 Å². The van der Waals surface area contributed by atoms with E-state index in [1.165, 1.54) is 12.8 Å². The van der Waals surface area contributed by atoms with Gasteiger partial charge in [-0.25, -0.2) is 0 Å². The average Bonchev–Trinajstić information content (AvgIpc) is 2.52. The first kappa shape index (κ1) is 11.0. The molecule has 0 saturated heterocycles. The van der Waals surface area contributed by atoms with E-state index in [-0.39, 0.29) is 5.91 Å². The van der Waals surface area contributed by atoms with Crippen molar-refractivity contribution >= 4 is 21.8 Å². The van der Waals surface area contributed by atoms with Gasteiger partial charge in [0.1, 0.15) is 0 Å². The fraction of sp³-hybridized carbons (Fsp3) is 0.900. The highest BCUT2D eigenvalue weighted by Gasteiger charge is 2.26. The Morgan fingerprint density at radius 3 is 2.92 bits per heavy atom. The molecule has 0 aromatic heterocycles. The second kappa shape index (κ2) is 5.63. The van der Waals surface area contributed by atoms with E-state index in [0.717, 1.165) is 18.2 Å². The van der Waals surface area contributed by atoms with Crippen LogP contribution in [0.2, 0.25) is 0 Å². The van der Waals surface area contributed by atoms with Crippen molar-refractivity contribution in [3.05, 3.63) is 0 Å². The molecule has 13 heavy (non-hydrogen) atoms. The molecule has 1 fully saturated rings. The lowest BCUT2D eigenvalue weighted by Gasteiger charge is -2.18. The molecular weight excluding hydrogens is 230 g/mol. The Labute approximate surface area is 88.6 Å². The largest absolute Gasteiger partial charge is 0.353 e. The van der Waals surface area contributed by atoms with Gasteiger partial charge in [0, 0.05) is 17.8 Å². The monoisotopic (exact) mass is 247 g/mol. The third-order valence-corrected chi connectivity index (χ3v) is 3.51. The van der Waals surface area contributed by atoms with Gasteiger partial charge in [-0.15, -0.1) is 0 Å². The number of amides is 1. The van der Waals surface area contributed by atoms with E-state index in [9.17, 15) is 4.79 Å². The molecule has 1 saturated carbocycles. The SMILES string of the molecule is CCCC(=O)NC1CCCC1CBr. The topological polar surface area (TPSA) is 29.1 Å². The predicted molar refractivity (Wildman–Crippen MR) is 58.0 cm³/mol. The van der Waals surface area contributed by atoms with Crippen LogP contribution >= 0.6 is 15.9 Å². The molecule has 1 aliphatic rings. The van der Waals surface area contributed by atoms with E-state index in [1.54, 1.807) is 0 Å². The van der Waals surface area contributed by atoms with Crippen LogP contribution in [0.3, 0.4) is 0 Å². The van der Waals surface area contributed by atoms with Crippen LogP contribution in [0.15, 0.2) is 0 Å². The third-order valence-electron chi connectivity index (χ3n) is 2.68. The molecule has 76 valence electrons. The maximum atomic E-state index is 11.3. The van der Waals surface area contributed by atoms with Gasteiger partial charge in [0.05, 0.1) is 0 Å². The highest BCUT2D eigenvalue weighted by molar-refractivity contribution is 9.09. The number of rotatable bonds is 4. The van der Waals surface area contributed by atoms with Crippen LogP contribution in [-0.4, -0.2) is 17.3 Å². The number of alkyl halides is 1. The van der Waals surface area contributed by atoms with Gasteiger partial charge in [-0.3, -0.25) is 4.79 Å². The van der Waals surface area contributed by atoms with Crippen LogP contribution in [0.5, 0.6) is 0 Å². The summed E-state index contributed by atoms with van der Waals surface area (Å²) in [6.45, 7) is 2.04. The number of halogens is 1. The normalized spacial score (nSPS) is 27.5. The zero-order valence-electron chi connectivity index (χ0n) is 8.18. The molecule has 0 radical (unpaired) electrons. The van der Waals surface area contributed by atoms with Crippen molar-refractivity contribution in [3.8, 4) is 0 Å². The minimum Gasteiger partial charge on any atom is -0.353 e. The van der Waals surface area contributed by atoms with Crippen molar-refractivity contribution in [1.29, 1.82) is 0 Å². The first-order valence-electron chi connectivity index (χ1n) is 5.13. The lowest BCUT2D eigenvalue weighted by molar-refractivity contribution is -0.122. The summed E-state index contributed by atoms with van der Waals surface area (Å²) in [6, 6.07) is 0.429. The van der Waals surface area contributed by atoms with E-state index in [2.05, 4.69) is 21.2 Å². The summed E-state index contributed by atoms with van der Waals surface area (Å²) in [5, 5.41) is 4.13. The zero-order valence-corrected chi connectivity index (χ0v) is 9.77. The molecule has 2 unspecified atom stereocenters. The maximum absolute atomic E-state index is 11.3. The van der Waals surface area contributed by atoms with Crippen molar-refractivity contribution in [2.24, 2.45) is 5.92 Å². The molecule has 1 aliphatic carbocycles. The Morgan fingerprint density at radius 2 is 2.31 bits per heavy atom. The van der Waals surface area contributed by atoms with E-state index in [0.29, 0.717) is 18.4 Å². The van der Waals surface area contributed by atoms with Gasteiger partial charge in [-0.05, 0) is 25.2 Å². The molecule has 1 N–H and O–H groups in total. The first-order chi connectivity index (χ1) is 6.27. The van der Waals surface area contributed by atoms with E-state index in [4.69, 9.17) is 0 Å².